The number of hydrogen-bond acceptors (Lipinski definition) is 4. The highest BCUT2D eigenvalue weighted by atomic mass is 16.5. The molecule has 0 fully saturated rings. The predicted molar refractivity (Wildman–Crippen MR) is 76.0 cm³/mol. The monoisotopic (exact) mass is 245 g/mol. The first kappa shape index (κ1) is 12.5. The molecule has 0 saturated heterocycles. The van der Waals surface area contributed by atoms with Gasteiger partial charge >= 0.3 is 0 Å². The third kappa shape index (κ3) is 2.32. The van der Waals surface area contributed by atoms with Crippen LogP contribution in [0.15, 0.2) is 24.4 Å². The van der Waals surface area contributed by atoms with E-state index in [1.807, 2.05) is 18.2 Å². The Kier molecular flexibility index (Phi) is 3.55. The van der Waals surface area contributed by atoms with Gasteiger partial charge in [0.25, 0.3) is 0 Å². The minimum atomic E-state index is 0.550. The summed E-state index contributed by atoms with van der Waals surface area (Å²) >= 11 is 0. The molecular weight excluding hydrogens is 226 g/mol. The van der Waals surface area contributed by atoms with E-state index in [0.29, 0.717) is 11.6 Å². The van der Waals surface area contributed by atoms with Crippen LogP contribution in [0.3, 0.4) is 0 Å². The highest BCUT2D eigenvalue weighted by Gasteiger charge is 2.10. The van der Waals surface area contributed by atoms with Gasteiger partial charge in [0.2, 0.25) is 0 Å². The lowest BCUT2D eigenvalue weighted by atomic mass is 10.1. The maximum atomic E-state index is 6.05. The van der Waals surface area contributed by atoms with E-state index in [2.05, 4.69) is 24.1 Å². The van der Waals surface area contributed by atoms with E-state index in [1.54, 1.807) is 13.3 Å². The number of fused-ring (bicyclic) bond motifs is 1. The number of ether oxygens (including phenoxy) is 1. The van der Waals surface area contributed by atoms with E-state index in [9.17, 15) is 0 Å². The lowest BCUT2D eigenvalue weighted by Gasteiger charge is -2.13. The second-order valence-corrected chi connectivity index (χ2v) is 4.71. The number of nitrogens with one attached hydrogen (secondary N) is 1. The second-order valence-electron chi connectivity index (χ2n) is 4.71. The van der Waals surface area contributed by atoms with Crippen molar-refractivity contribution >= 4 is 22.3 Å². The van der Waals surface area contributed by atoms with Crippen LogP contribution in [0.5, 0.6) is 5.75 Å². The Morgan fingerprint density at radius 1 is 1.33 bits per heavy atom. The number of rotatable bonds is 4. The largest absolute Gasteiger partial charge is 0.496 e. The van der Waals surface area contributed by atoms with Crippen LogP contribution in [0, 0.1) is 5.92 Å². The van der Waals surface area contributed by atoms with Crippen molar-refractivity contribution in [2.24, 2.45) is 5.92 Å². The molecule has 0 unspecified atom stereocenters. The molecule has 0 bridgehead atoms. The van der Waals surface area contributed by atoms with Gasteiger partial charge in [-0.05, 0) is 24.1 Å². The average Bonchev–Trinajstić information content (AvgIpc) is 2.36. The van der Waals surface area contributed by atoms with Crippen LogP contribution in [0.1, 0.15) is 13.8 Å². The first-order valence-corrected chi connectivity index (χ1v) is 6.08. The second kappa shape index (κ2) is 5.12. The lowest BCUT2D eigenvalue weighted by Crippen LogP contribution is -2.10. The summed E-state index contributed by atoms with van der Waals surface area (Å²) in [7, 11) is 1.66. The third-order valence-electron chi connectivity index (χ3n) is 2.82. The number of methoxy groups -OCH3 is 1. The maximum Gasteiger partial charge on any atom is 0.136 e. The summed E-state index contributed by atoms with van der Waals surface area (Å²) in [5, 5.41) is 5.25. The molecule has 0 saturated carbocycles. The normalized spacial score (nSPS) is 10.9. The Labute approximate surface area is 107 Å². The topological polar surface area (TPSA) is 60.2 Å². The van der Waals surface area contributed by atoms with Crippen LogP contribution in [0.4, 0.5) is 11.5 Å². The smallest absolute Gasteiger partial charge is 0.136 e. The fourth-order valence-electron chi connectivity index (χ4n) is 1.91. The predicted octanol–water partition coefficient (Wildman–Crippen LogP) is 2.89. The Morgan fingerprint density at radius 3 is 2.78 bits per heavy atom. The fraction of sp³-hybridized carbons (Fsp3) is 0.357. The molecule has 0 atom stereocenters. The van der Waals surface area contributed by atoms with Gasteiger partial charge in [0.15, 0.2) is 0 Å². The standard InChI is InChI=1S/C14H19N3O/c1-9(2)8-17-14-13-10(6-7-16-14)12(18-3)5-4-11(13)15/h4-7,9H,8,15H2,1-3H3,(H,16,17). The van der Waals surface area contributed by atoms with Gasteiger partial charge in [0, 0.05) is 23.8 Å². The van der Waals surface area contributed by atoms with E-state index in [1.165, 1.54) is 0 Å². The van der Waals surface area contributed by atoms with Gasteiger partial charge < -0.3 is 15.8 Å². The van der Waals surface area contributed by atoms with Crippen LogP contribution >= 0.6 is 0 Å². The molecule has 1 aromatic carbocycles. The number of nitrogens with two attached hydrogens (primary N) is 1. The SMILES string of the molecule is COc1ccc(N)c2c(NCC(C)C)nccc12. The van der Waals surface area contributed by atoms with E-state index >= 15 is 0 Å². The Bertz CT molecular complexity index is 552. The van der Waals surface area contributed by atoms with Crippen molar-refractivity contribution in [3.8, 4) is 5.75 Å². The van der Waals surface area contributed by atoms with Crippen molar-refractivity contribution in [1.82, 2.24) is 4.98 Å². The minimum Gasteiger partial charge on any atom is -0.496 e. The number of benzene rings is 1. The molecule has 0 aliphatic carbocycles. The third-order valence-corrected chi connectivity index (χ3v) is 2.82. The number of hydrogen-bond donors (Lipinski definition) is 2. The quantitative estimate of drug-likeness (QED) is 0.813. The van der Waals surface area contributed by atoms with Gasteiger partial charge in [0.05, 0.1) is 12.5 Å². The zero-order valence-corrected chi connectivity index (χ0v) is 11.0. The number of nitrogens with zero attached hydrogens (tertiary/aromatic N) is 1. The van der Waals surface area contributed by atoms with E-state index in [-0.39, 0.29) is 0 Å². The Hall–Kier alpha value is -1.97. The average molecular weight is 245 g/mol. The lowest BCUT2D eigenvalue weighted by molar-refractivity contribution is 0.420. The highest BCUT2D eigenvalue weighted by molar-refractivity contribution is 6.03. The van der Waals surface area contributed by atoms with Crippen molar-refractivity contribution in [3.05, 3.63) is 24.4 Å². The highest BCUT2D eigenvalue weighted by Crippen LogP contribution is 2.33. The van der Waals surface area contributed by atoms with Crippen molar-refractivity contribution in [1.29, 1.82) is 0 Å². The van der Waals surface area contributed by atoms with Gasteiger partial charge in [-0.2, -0.15) is 0 Å². The summed E-state index contributed by atoms with van der Waals surface area (Å²) in [4.78, 5) is 4.37. The van der Waals surface area contributed by atoms with Crippen LogP contribution in [0.25, 0.3) is 10.8 Å². The van der Waals surface area contributed by atoms with Gasteiger partial charge in [-0.1, -0.05) is 13.8 Å². The van der Waals surface area contributed by atoms with E-state index in [4.69, 9.17) is 10.5 Å². The number of nitrogen functional groups attached to an aromatic ring is 1. The summed E-state index contributed by atoms with van der Waals surface area (Å²) in [6.07, 6.45) is 1.77. The molecule has 0 aliphatic heterocycles. The van der Waals surface area contributed by atoms with Crippen molar-refractivity contribution in [3.63, 3.8) is 0 Å². The molecule has 0 aliphatic rings. The number of anilines is 2. The molecule has 0 amide bonds. The van der Waals surface area contributed by atoms with Crippen LogP contribution < -0.4 is 15.8 Å². The summed E-state index contributed by atoms with van der Waals surface area (Å²) in [6, 6.07) is 5.65. The molecule has 0 radical (unpaired) electrons. The fourth-order valence-corrected chi connectivity index (χ4v) is 1.91. The maximum absolute atomic E-state index is 6.05. The zero-order valence-electron chi connectivity index (χ0n) is 11.0. The molecule has 1 heterocycles. The molecule has 18 heavy (non-hydrogen) atoms. The summed E-state index contributed by atoms with van der Waals surface area (Å²) in [5.74, 6) is 2.18. The van der Waals surface area contributed by atoms with Crippen molar-refractivity contribution < 1.29 is 4.74 Å². The number of aromatic nitrogens is 1. The van der Waals surface area contributed by atoms with Gasteiger partial charge in [-0.25, -0.2) is 4.98 Å². The molecule has 0 spiro atoms. The van der Waals surface area contributed by atoms with Crippen molar-refractivity contribution in [2.75, 3.05) is 24.7 Å². The summed E-state index contributed by atoms with van der Waals surface area (Å²) in [5.41, 5.74) is 6.76. The molecule has 1 aromatic heterocycles. The first-order chi connectivity index (χ1) is 8.63. The summed E-state index contributed by atoms with van der Waals surface area (Å²) < 4.78 is 5.35. The molecule has 4 nitrogen and oxygen atoms in total. The molecule has 3 N–H and O–H groups in total. The molecular formula is C14H19N3O. The number of pyridine rings is 1. The molecule has 2 rings (SSSR count). The van der Waals surface area contributed by atoms with Crippen LogP contribution in [-0.2, 0) is 0 Å². The molecule has 2 aromatic rings. The van der Waals surface area contributed by atoms with Crippen molar-refractivity contribution in [2.45, 2.75) is 13.8 Å². The minimum absolute atomic E-state index is 0.550. The molecule has 4 heteroatoms. The van der Waals surface area contributed by atoms with Crippen LogP contribution in [-0.4, -0.2) is 18.6 Å². The molecule has 96 valence electrons. The zero-order chi connectivity index (χ0) is 13.1. The first-order valence-electron chi connectivity index (χ1n) is 6.08. The summed E-state index contributed by atoms with van der Waals surface area (Å²) in [6.45, 7) is 5.17. The van der Waals surface area contributed by atoms with Gasteiger partial charge in [0.1, 0.15) is 11.6 Å². The van der Waals surface area contributed by atoms with Gasteiger partial charge in [-0.3, -0.25) is 0 Å². The Balaban J connectivity index is 2.53. The van der Waals surface area contributed by atoms with Gasteiger partial charge in [-0.15, -0.1) is 0 Å². The van der Waals surface area contributed by atoms with E-state index < -0.39 is 0 Å². The Morgan fingerprint density at radius 2 is 2.11 bits per heavy atom. The van der Waals surface area contributed by atoms with Crippen LogP contribution in [0.2, 0.25) is 0 Å². The van der Waals surface area contributed by atoms with E-state index in [0.717, 1.165) is 28.9 Å².